The van der Waals surface area contributed by atoms with Gasteiger partial charge in [-0.15, -0.1) is 0 Å². The summed E-state index contributed by atoms with van der Waals surface area (Å²) in [4.78, 5) is 2.40. The Kier molecular flexibility index (Phi) is 3.21. The van der Waals surface area contributed by atoms with Crippen LogP contribution in [0.1, 0.15) is 12.5 Å². The number of halogens is 1. The molecule has 0 amide bonds. The normalized spacial score (nSPS) is 31.4. The van der Waals surface area contributed by atoms with Gasteiger partial charge in [-0.1, -0.05) is 0 Å². The van der Waals surface area contributed by atoms with E-state index in [2.05, 4.69) is 25.9 Å². The van der Waals surface area contributed by atoms with Gasteiger partial charge in [0.2, 0.25) is 0 Å². The lowest BCUT2D eigenvalue weighted by Crippen LogP contribution is -2.55. The van der Waals surface area contributed by atoms with Crippen molar-refractivity contribution in [2.24, 2.45) is 0 Å². The zero-order valence-electron chi connectivity index (χ0n) is 9.50. The zero-order chi connectivity index (χ0) is 11.8. The summed E-state index contributed by atoms with van der Waals surface area (Å²) in [6, 6.07) is 0.583. The molecule has 2 unspecified atom stereocenters. The minimum Gasteiger partial charge on any atom is -0.391 e. The van der Waals surface area contributed by atoms with Crippen LogP contribution in [0.4, 0.5) is 0 Å². The van der Waals surface area contributed by atoms with Crippen molar-refractivity contribution in [2.75, 3.05) is 26.3 Å². The summed E-state index contributed by atoms with van der Waals surface area (Å²) >= 11 is 3.39. The highest BCUT2D eigenvalue weighted by Gasteiger charge is 2.35. The second-order valence-electron chi connectivity index (χ2n) is 4.75. The molecule has 0 bridgehead atoms. The largest absolute Gasteiger partial charge is 0.391 e. The summed E-state index contributed by atoms with van der Waals surface area (Å²) in [5.41, 5.74) is 0. The maximum Gasteiger partial charge on any atom is 0.0905 e. The highest BCUT2D eigenvalue weighted by atomic mass is 79.9. The molecule has 0 spiro atoms. The van der Waals surface area contributed by atoms with E-state index in [4.69, 9.17) is 4.74 Å². The fourth-order valence-corrected chi connectivity index (χ4v) is 2.77. The summed E-state index contributed by atoms with van der Waals surface area (Å²) in [7, 11) is 0. The Balaban J connectivity index is 1.72. The van der Waals surface area contributed by atoms with Crippen molar-refractivity contribution in [3.63, 3.8) is 0 Å². The third kappa shape index (κ3) is 2.27. The van der Waals surface area contributed by atoms with Gasteiger partial charge >= 0.3 is 0 Å². The molecule has 6 heteroatoms. The topological polar surface area (TPSA) is 50.5 Å². The van der Waals surface area contributed by atoms with Gasteiger partial charge in [0.05, 0.1) is 42.1 Å². The van der Waals surface area contributed by atoms with E-state index in [1.54, 1.807) is 6.20 Å². The minimum atomic E-state index is -0.306. The number of hydrogen-bond acceptors (Lipinski definition) is 4. The van der Waals surface area contributed by atoms with E-state index < -0.39 is 0 Å². The van der Waals surface area contributed by atoms with Gasteiger partial charge in [0.15, 0.2) is 0 Å². The lowest BCUT2D eigenvalue weighted by atomic mass is 10.00. The van der Waals surface area contributed by atoms with Gasteiger partial charge in [0.1, 0.15) is 0 Å². The first kappa shape index (κ1) is 11.6. The Morgan fingerprint density at radius 3 is 2.88 bits per heavy atom. The molecule has 94 valence electrons. The quantitative estimate of drug-likeness (QED) is 0.871. The Bertz CT molecular complexity index is 394. The third-order valence-electron chi connectivity index (χ3n) is 3.62. The molecule has 2 atom stereocenters. The summed E-state index contributed by atoms with van der Waals surface area (Å²) in [6.07, 6.45) is 4.19. The van der Waals surface area contributed by atoms with Crippen molar-refractivity contribution in [3.05, 3.63) is 16.9 Å². The average molecular weight is 302 g/mol. The predicted octanol–water partition coefficient (Wildman–Crippen LogP) is 0.652. The molecule has 3 heterocycles. The lowest BCUT2D eigenvalue weighted by molar-refractivity contribution is -0.0913. The smallest absolute Gasteiger partial charge is 0.0905 e. The van der Waals surface area contributed by atoms with Gasteiger partial charge in [0.25, 0.3) is 0 Å². The average Bonchev–Trinajstić information content (AvgIpc) is 2.65. The predicted molar refractivity (Wildman–Crippen MR) is 65.8 cm³/mol. The Labute approximate surface area is 108 Å². The molecule has 2 fully saturated rings. The van der Waals surface area contributed by atoms with Gasteiger partial charge in [0, 0.05) is 19.3 Å². The summed E-state index contributed by atoms with van der Waals surface area (Å²) in [5.74, 6) is 0. The molecule has 0 radical (unpaired) electrons. The maximum atomic E-state index is 10.1. The number of nitrogens with zero attached hydrogens (tertiary/aromatic N) is 3. The number of aromatic nitrogens is 2. The zero-order valence-corrected chi connectivity index (χ0v) is 11.1. The van der Waals surface area contributed by atoms with Crippen molar-refractivity contribution in [1.82, 2.24) is 14.7 Å². The molecule has 17 heavy (non-hydrogen) atoms. The van der Waals surface area contributed by atoms with Crippen molar-refractivity contribution in [2.45, 2.75) is 24.6 Å². The molecular weight excluding hydrogens is 286 g/mol. The van der Waals surface area contributed by atoms with E-state index in [-0.39, 0.29) is 12.1 Å². The maximum absolute atomic E-state index is 10.1. The van der Waals surface area contributed by atoms with Crippen molar-refractivity contribution >= 4 is 15.9 Å². The van der Waals surface area contributed by atoms with Crippen LogP contribution in [0.25, 0.3) is 0 Å². The molecule has 3 rings (SSSR count). The molecular formula is C11H16BrN3O2. The van der Waals surface area contributed by atoms with E-state index in [0.29, 0.717) is 6.04 Å². The molecule has 1 aromatic heterocycles. The van der Waals surface area contributed by atoms with Crippen LogP contribution in [0.3, 0.4) is 0 Å². The fraction of sp³-hybridized carbons (Fsp3) is 0.727. The summed E-state index contributed by atoms with van der Waals surface area (Å²) < 4.78 is 8.04. The van der Waals surface area contributed by atoms with Crippen LogP contribution < -0.4 is 0 Å². The first-order valence-electron chi connectivity index (χ1n) is 5.93. The number of aliphatic hydroxyl groups excluding tert-OH is 1. The Morgan fingerprint density at radius 1 is 1.47 bits per heavy atom. The van der Waals surface area contributed by atoms with Crippen LogP contribution in [-0.4, -0.2) is 58.2 Å². The van der Waals surface area contributed by atoms with Crippen LogP contribution in [0.2, 0.25) is 0 Å². The van der Waals surface area contributed by atoms with Crippen molar-refractivity contribution < 1.29 is 9.84 Å². The molecule has 0 saturated carbocycles. The summed E-state index contributed by atoms with van der Waals surface area (Å²) in [5, 5.41) is 14.4. The van der Waals surface area contributed by atoms with E-state index in [0.717, 1.165) is 37.2 Å². The van der Waals surface area contributed by atoms with Crippen LogP contribution in [-0.2, 0) is 4.74 Å². The van der Waals surface area contributed by atoms with Gasteiger partial charge < -0.3 is 9.84 Å². The second-order valence-corrected chi connectivity index (χ2v) is 5.66. The third-order valence-corrected chi connectivity index (χ3v) is 4.03. The standard InChI is InChI=1S/C11H16BrN3O2/c12-8-3-13-15(4-8)10-5-14(2-1-11(10)16)9-6-17-7-9/h3-4,9-11,16H,1-2,5-7H2. The van der Waals surface area contributed by atoms with Gasteiger partial charge in [-0.2, -0.15) is 5.10 Å². The molecule has 1 aromatic rings. The number of likely N-dealkylation sites (tertiary alicyclic amines) is 1. The molecule has 2 aliphatic heterocycles. The van der Waals surface area contributed by atoms with E-state index in [1.807, 2.05) is 10.9 Å². The van der Waals surface area contributed by atoms with Crippen LogP contribution >= 0.6 is 15.9 Å². The van der Waals surface area contributed by atoms with E-state index >= 15 is 0 Å². The Morgan fingerprint density at radius 2 is 2.29 bits per heavy atom. The highest BCUT2D eigenvalue weighted by Crippen LogP contribution is 2.26. The molecule has 0 aliphatic carbocycles. The number of hydrogen-bond donors (Lipinski definition) is 1. The van der Waals surface area contributed by atoms with E-state index in [9.17, 15) is 5.11 Å². The number of piperidine rings is 1. The molecule has 5 nitrogen and oxygen atoms in total. The lowest BCUT2D eigenvalue weighted by Gasteiger charge is -2.43. The minimum absolute atomic E-state index is 0.0515. The highest BCUT2D eigenvalue weighted by molar-refractivity contribution is 9.10. The number of ether oxygens (including phenoxy) is 1. The van der Waals surface area contributed by atoms with Crippen molar-refractivity contribution in [1.29, 1.82) is 0 Å². The molecule has 2 aliphatic rings. The monoisotopic (exact) mass is 301 g/mol. The van der Waals surface area contributed by atoms with E-state index in [1.165, 1.54) is 0 Å². The Hall–Kier alpha value is -0.430. The first-order chi connectivity index (χ1) is 8.24. The van der Waals surface area contributed by atoms with Crippen LogP contribution in [0.15, 0.2) is 16.9 Å². The van der Waals surface area contributed by atoms with Crippen molar-refractivity contribution in [3.8, 4) is 0 Å². The second kappa shape index (κ2) is 4.68. The summed E-state index contributed by atoms with van der Waals surface area (Å²) in [6.45, 7) is 3.45. The molecule has 2 saturated heterocycles. The first-order valence-corrected chi connectivity index (χ1v) is 6.73. The van der Waals surface area contributed by atoms with Crippen LogP contribution in [0.5, 0.6) is 0 Å². The van der Waals surface area contributed by atoms with Gasteiger partial charge in [-0.25, -0.2) is 0 Å². The number of aliphatic hydroxyl groups is 1. The van der Waals surface area contributed by atoms with Gasteiger partial charge in [-0.05, 0) is 22.4 Å². The number of rotatable bonds is 2. The van der Waals surface area contributed by atoms with Gasteiger partial charge in [-0.3, -0.25) is 9.58 Å². The van der Waals surface area contributed by atoms with Crippen LogP contribution in [0, 0.1) is 0 Å². The molecule has 1 N–H and O–H groups in total. The fourth-order valence-electron chi connectivity index (χ4n) is 2.47. The molecule has 0 aromatic carbocycles. The SMILES string of the molecule is OC1CCN(C2COC2)CC1n1cc(Br)cn1.